The zero-order valence-electron chi connectivity index (χ0n) is 10.8. The summed E-state index contributed by atoms with van der Waals surface area (Å²) in [6.07, 6.45) is 3.77. The Labute approximate surface area is 129 Å². The van der Waals surface area contributed by atoms with E-state index >= 15 is 0 Å². The summed E-state index contributed by atoms with van der Waals surface area (Å²) < 4.78 is 2.10. The van der Waals surface area contributed by atoms with E-state index in [0.29, 0.717) is 6.54 Å². The van der Waals surface area contributed by atoms with Crippen LogP contribution in [-0.2, 0) is 13.1 Å². The molecule has 0 amide bonds. The van der Waals surface area contributed by atoms with Gasteiger partial charge in [-0.2, -0.15) is 0 Å². The highest BCUT2D eigenvalue weighted by Gasteiger charge is 2.00. The van der Waals surface area contributed by atoms with Gasteiger partial charge in [-0.1, -0.05) is 24.3 Å². The summed E-state index contributed by atoms with van der Waals surface area (Å²) in [7, 11) is 0. The molecule has 0 aliphatic heterocycles. The second-order valence-electron chi connectivity index (χ2n) is 4.16. The summed E-state index contributed by atoms with van der Waals surface area (Å²) in [6.45, 7) is 3.31. The topological polar surface area (TPSA) is 82.2 Å². The van der Waals surface area contributed by atoms with Crippen molar-refractivity contribution in [1.82, 2.24) is 9.55 Å². The van der Waals surface area contributed by atoms with E-state index in [1.54, 1.807) is 6.20 Å². The molecular formula is C13H18IN5. The van der Waals surface area contributed by atoms with Crippen LogP contribution in [0.2, 0.25) is 0 Å². The fraction of sp³-hybridized carbons (Fsp3) is 0.231. The molecule has 0 bridgehead atoms. The molecule has 5 nitrogen and oxygen atoms in total. The minimum absolute atomic E-state index is 0. The Kier molecular flexibility index (Phi) is 5.81. The number of nitrogens with zero attached hydrogens (tertiary/aromatic N) is 3. The van der Waals surface area contributed by atoms with Crippen molar-refractivity contribution in [2.45, 2.75) is 20.0 Å². The zero-order valence-corrected chi connectivity index (χ0v) is 13.1. The summed E-state index contributed by atoms with van der Waals surface area (Å²) in [5.74, 6) is 1.12. The first kappa shape index (κ1) is 15.5. The number of rotatable bonds is 4. The van der Waals surface area contributed by atoms with Gasteiger partial charge in [0.15, 0.2) is 5.96 Å². The van der Waals surface area contributed by atoms with Crippen molar-refractivity contribution in [2.24, 2.45) is 16.5 Å². The van der Waals surface area contributed by atoms with Gasteiger partial charge in [-0.05, 0) is 18.1 Å². The lowest BCUT2D eigenvalue weighted by atomic mass is 10.1. The SMILES string of the molecule is Cc1nccn1Cc1cccc(CN=C(N)N)c1.I. The third-order valence-corrected chi connectivity index (χ3v) is 2.71. The Balaban J connectivity index is 0.00000180. The van der Waals surface area contributed by atoms with E-state index in [9.17, 15) is 0 Å². The Morgan fingerprint density at radius 3 is 2.68 bits per heavy atom. The Morgan fingerprint density at radius 1 is 1.32 bits per heavy atom. The van der Waals surface area contributed by atoms with Crippen LogP contribution >= 0.6 is 24.0 Å². The maximum atomic E-state index is 5.32. The highest BCUT2D eigenvalue weighted by Crippen LogP contribution is 2.09. The molecule has 1 aromatic carbocycles. The molecule has 2 rings (SSSR count). The molecule has 0 radical (unpaired) electrons. The van der Waals surface area contributed by atoms with Crippen molar-refractivity contribution in [2.75, 3.05) is 0 Å². The smallest absolute Gasteiger partial charge is 0.186 e. The number of nitrogens with two attached hydrogens (primary N) is 2. The average molecular weight is 371 g/mol. The molecule has 0 aliphatic rings. The molecule has 1 aromatic heterocycles. The first-order valence-corrected chi connectivity index (χ1v) is 5.76. The van der Waals surface area contributed by atoms with Crippen LogP contribution in [0.15, 0.2) is 41.7 Å². The van der Waals surface area contributed by atoms with E-state index < -0.39 is 0 Å². The Bertz CT molecular complexity index is 558. The van der Waals surface area contributed by atoms with Crippen LogP contribution in [0.25, 0.3) is 0 Å². The number of halogens is 1. The minimum atomic E-state index is 0. The fourth-order valence-electron chi connectivity index (χ4n) is 1.78. The molecule has 2 aromatic rings. The van der Waals surface area contributed by atoms with Crippen molar-refractivity contribution in [3.63, 3.8) is 0 Å². The highest BCUT2D eigenvalue weighted by atomic mass is 127. The van der Waals surface area contributed by atoms with Crippen molar-refractivity contribution >= 4 is 29.9 Å². The van der Waals surface area contributed by atoms with E-state index in [2.05, 4.69) is 26.7 Å². The second kappa shape index (κ2) is 7.13. The first-order valence-electron chi connectivity index (χ1n) is 5.76. The molecule has 0 spiro atoms. The van der Waals surface area contributed by atoms with Crippen LogP contribution in [0.5, 0.6) is 0 Å². The van der Waals surface area contributed by atoms with E-state index in [1.165, 1.54) is 5.56 Å². The summed E-state index contributed by atoms with van der Waals surface area (Å²) in [5, 5.41) is 0. The summed E-state index contributed by atoms with van der Waals surface area (Å²) >= 11 is 0. The molecule has 0 saturated heterocycles. The van der Waals surface area contributed by atoms with E-state index in [1.807, 2.05) is 25.3 Å². The fourth-order valence-corrected chi connectivity index (χ4v) is 1.78. The average Bonchev–Trinajstić information content (AvgIpc) is 2.73. The van der Waals surface area contributed by atoms with Gasteiger partial charge < -0.3 is 16.0 Å². The van der Waals surface area contributed by atoms with Crippen molar-refractivity contribution in [1.29, 1.82) is 0 Å². The first-order chi connectivity index (χ1) is 8.65. The largest absolute Gasteiger partial charge is 0.370 e. The lowest BCUT2D eigenvalue weighted by Crippen LogP contribution is -2.22. The van der Waals surface area contributed by atoms with Crippen LogP contribution in [-0.4, -0.2) is 15.5 Å². The number of imidazole rings is 1. The molecule has 4 N–H and O–H groups in total. The maximum absolute atomic E-state index is 5.32. The van der Waals surface area contributed by atoms with Crippen LogP contribution in [0.3, 0.4) is 0 Å². The molecule has 0 fully saturated rings. The number of benzene rings is 1. The standard InChI is InChI=1S/C13H17N5.HI/c1-10-16-5-6-18(10)9-12-4-2-3-11(7-12)8-17-13(14)15;/h2-7H,8-9H2,1H3,(H4,14,15,17);1H. The summed E-state index contributed by atoms with van der Waals surface area (Å²) in [4.78, 5) is 8.21. The normalized spacial score (nSPS) is 9.74. The van der Waals surface area contributed by atoms with Gasteiger partial charge >= 0.3 is 0 Å². The predicted molar refractivity (Wildman–Crippen MR) is 87.4 cm³/mol. The van der Waals surface area contributed by atoms with E-state index in [0.717, 1.165) is 17.9 Å². The lowest BCUT2D eigenvalue weighted by Gasteiger charge is -2.06. The molecule has 0 atom stereocenters. The maximum Gasteiger partial charge on any atom is 0.186 e. The van der Waals surface area contributed by atoms with Crippen molar-refractivity contribution in [3.8, 4) is 0 Å². The quantitative estimate of drug-likeness (QED) is 0.487. The number of aromatic nitrogens is 2. The van der Waals surface area contributed by atoms with Crippen molar-refractivity contribution in [3.05, 3.63) is 53.6 Å². The second-order valence-corrected chi connectivity index (χ2v) is 4.16. The van der Waals surface area contributed by atoms with Gasteiger partial charge in [-0.15, -0.1) is 24.0 Å². The minimum Gasteiger partial charge on any atom is -0.370 e. The third-order valence-electron chi connectivity index (χ3n) is 2.71. The molecule has 6 heteroatoms. The number of aliphatic imine (C=N–C) groups is 1. The number of aryl methyl sites for hydroxylation is 1. The molecular weight excluding hydrogens is 353 g/mol. The number of hydrogen-bond donors (Lipinski definition) is 2. The van der Waals surface area contributed by atoms with Gasteiger partial charge in [0.25, 0.3) is 0 Å². The summed E-state index contributed by atoms with van der Waals surface area (Å²) in [5.41, 5.74) is 13.0. The van der Waals surface area contributed by atoms with Crippen molar-refractivity contribution < 1.29 is 0 Å². The van der Waals surface area contributed by atoms with Crippen LogP contribution in [0.4, 0.5) is 0 Å². The molecule has 1 heterocycles. The summed E-state index contributed by atoms with van der Waals surface area (Å²) in [6, 6.07) is 8.21. The Morgan fingerprint density at radius 2 is 2.05 bits per heavy atom. The van der Waals surface area contributed by atoms with Gasteiger partial charge in [-0.25, -0.2) is 9.98 Å². The van der Waals surface area contributed by atoms with Crippen LogP contribution in [0, 0.1) is 6.92 Å². The Hall–Kier alpha value is -1.57. The molecule has 0 saturated carbocycles. The van der Waals surface area contributed by atoms with Gasteiger partial charge in [0.2, 0.25) is 0 Å². The predicted octanol–water partition coefficient (Wildman–Crippen LogP) is 1.63. The van der Waals surface area contributed by atoms with Gasteiger partial charge in [0.05, 0.1) is 6.54 Å². The highest BCUT2D eigenvalue weighted by molar-refractivity contribution is 14.0. The molecule has 0 aliphatic carbocycles. The third kappa shape index (κ3) is 4.55. The van der Waals surface area contributed by atoms with Gasteiger partial charge in [-0.3, -0.25) is 0 Å². The molecule has 102 valence electrons. The van der Waals surface area contributed by atoms with E-state index in [4.69, 9.17) is 11.5 Å². The lowest BCUT2D eigenvalue weighted by molar-refractivity contribution is 0.760. The van der Waals surface area contributed by atoms with Crippen LogP contribution in [0.1, 0.15) is 17.0 Å². The van der Waals surface area contributed by atoms with Gasteiger partial charge in [0.1, 0.15) is 5.82 Å². The molecule has 19 heavy (non-hydrogen) atoms. The number of hydrogen-bond acceptors (Lipinski definition) is 2. The van der Waals surface area contributed by atoms with E-state index in [-0.39, 0.29) is 29.9 Å². The molecule has 0 unspecified atom stereocenters. The van der Waals surface area contributed by atoms with Crippen LogP contribution < -0.4 is 11.5 Å². The number of guanidine groups is 1. The zero-order chi connectivity index (χ0) is 13.0. The monoisotopic (exact) mass is 371 g/mol. The van der Waals surface area contributed by atoms with Gasteiger partial charge in [0, 0.05) is 18.9 Å².